The first-order chi connectivity index (χ1) is 9.16. The third-order valence-corrected chi connectivity index (χ3v) is 3.00. The molecular weight excluding hydrogens is 238 g/mol. The Balaban J connectivity index is 1.94. The highest BCUT2D eigenvalue weighted by atomic mass is 16.1. The molecule has 0 saturated heterocycles. The van der Waals surface area contributed by atoms with Crippen molar-refractivity contribution in [1.82, 2.24) is 4.98 Å². The van der Waals surface area contributed by atoms with Gasteiger partial charge in [0.2, 0.25) is 0 Å². The van der Waals surface area contributed by atoms with E-state index in [-0.39, 0.29) is 5.69 Å². The van der Waals surface area contributed by atoms with Crippen molar-refractivity contribution in [3.05, 3.63) is 59.4 Å². The van der Waals surface area contributed by atoms with E-state index in [4.69, 9.17) is 5.73 Å². The number of rotatable bonds is 5. The molecule has 98 valence electrons. The fourth-order valence-corrected chi connectivity index (χ4v) is 1.91. The van der Waals surface area contributed by atoms with Gasteiger partial charge in [0, 0.05) is 18.4 Å². The van der Waals surface area contributed by atoms with Crippen LogP contribution in [0.5, 0.6) is 0 Å². The van der Waals surface area contributed by atoms with E-state index in [2.05, 4.69) is 29.4 Å². The van der Waals surface area contributed by atoms with Crippen molar-refractivity contribution in [2.24, 2.45) is 5.73 Å². The summed E-state index contributed by atoms with van der Waals surface area (Å²) in [6, 6.07) is 11.8. The fraction of sp³-hybridized carbons (Fsp3) is 0.200. The summed E-state index contributed by atoms with van der Waals surface area (Å²) < 4.78 is 0. The summed E-state index contributed by atoms with van der Waals surface area (Å²) in [5.74, 6) is -0.512. The Labute approximate surface area is 112 Å². The smallest absolute Gasteiger partial charge is 0.267 e. The van der Waals surface area contributed by atoms with Crippen molar-refractivity contribution < 1.29 is 4.79 Å². The number of benzene rings is 1. The maximum absolute atomic E-state index is 11.0. The molecule has 3 N–H and O–H groups in total. The molecule has 2 rings (SSSR count). The Hall–Kier alpha value is -2.36. The highest BCUT2D eigenvalue weighted by Crippen LogP contribution is 2.10. The summed E-state index contributed by atoms with van der Waals surface area (Å²) in [7, 11) is 0. The van der Waals surface area contributed by atoms with Crippen LogP contribution in [0.3, 0.4) is 0 Å². The number of carbonyl (C=O) groups excluding carboxylic acids is 1. The van der Waals surface area contributed by atoms with Crippen molar-refractivity contribution in [3.8, 4) is 0 Å². The lowest BCUT2D eigenvalue weighted by molar-refractivity contribution is 0.0995. The van der Waals surface area contributed by atoms with Crippen molar-refractivity contribution in [3.63, 3.8) is 0 Å². The van der Waals surface area contributed by atoms with Gasteiger partial charge in [-0.3, -0.25) is 9.78 Å². The molecule has 19 heavy (non-hydrogen) atoms. The van der Waals surface area contributed by atoms with Gasteiger partial charge in [0.05, 0.1) is 0 Å². The van der Waals surface area contributed by atoms with Crippen LogP contribution in [0, 0.1) is 6.92 Å². The Morgan fingerprint density at radius 1 is 1.32 bits per heavy atom. The van der Waals surface area contributed by atoms with Gasteiger partial charge in [-0.1, -0.05) is 24.3 Å². The van der Waals surface area contributed by atoms with Gasteiger partial charge in [0.1, 0.15) is 5.69 Å². The Morgan fingerprint density at radius 2 is 2.11 bits per heavy atom. The highest BCUT2D eigenvalue weighted by molar-refractivity contribution is 5.91. The number of hydrogen-bond acceptors (Lipinski definition) is 3. The number of carbonyl (C=O) groups is 1. The molecule has 1 amide bonds. The highest BCUT2D eigenvalue weighted by Gasteiger charge is 2.02. The lowest BCUT2D eigenvalue weighted by atomic mass is 10.1. The van der Waals surface area contributed by atoms with Crippen LogP contribution in [0.25, 0.3) is 0 Å². The number of aromatic nitrogens is 1. The van der Waals surface area contributed by atoms with E-state index in [9.17, 15) is 4.79 Å². The molecule has 4 heteroatoms. The first kappa shape index (κ1) is 13.1. The molecule has 0 bridgehead atoms. The minimum Gasteiger partial charge on any atom is -0.385 e. The molecule has 0 aliphatic heterocycles. The van der Waals surface area contributed by atoms with Crippen LogP contribution in [0.4, 0.5) is 5.69 Å². The SMILES string of the molecule is Cc1ccccc1CCNc1ccnc(C(N)=O)c1. The molecule has 0 atom stereocenters. The second kappa shape index (κ2) is 6.00. The van der Waals surface area contributed by atoms with Gasteiger partial charge in [0.25, 0.3) is 5.91 Å². The molecule has 1 heterocycles. The number of anilines is 1. The van der Waals surface area contributed by atoms with E-state index in [1.54, 1.807) is 12.3 Å². The van der Waals surface area contributed by atoms with Gasteiger partial charge in [-0.05, 0) is 36.6 Å². The van der Waals surface area contributed by atoms with E-state index in [0.717, 1.165) is 18.7 Å². The van der Waals surface area contributed by atoms with E-state index >= 15 is 0 Å². The van der Waals surface area contributed by atoms with Crippen LogP contribution >= 0.6 is 0 Å². The van der Waals surface area contributed by atoms with Crippen LogP contribution in [-0.2, 0) is 6.42 Å². The third kappa shape index (κ3) is 3.55. The number of aryl methyl sites for hydroxylation is 1. The molecule has 2 aromatic rings. The van der Waals surface area contributed by atoms with Crippen LogP contribution in [0.1, 0.15) is 21.6 Å². The molecule has 0 unspecified atom stereocenters. The summed E-state index contributed by atoms with van der Waals surface area (Å²) in [5.41, 5.74) is 8.94. The number of amides is 1. The second-order valence-electron chi connectivity index (χ2n) is 4.40. The van der Waals surface area contributed by atoms with Crippen LogP contribution in [-0.4, -0.2) is 17.4 Å². The first-order valence-electron chi connectivity index (χ1n) is 6.21. The standard InChI is InChI=1S/C15H17N3O/c1-11-4-2-3-5-12(11)6-8-17-13-7-9-18-14(10-13)15(16)19/h2-5,7,9-10H,6,8H2,1H3,(H2,16,19)(H,17,18). The van der Waals surface area contributed by atoms with Crippen molar-refractivity contribution in [2.75, 3.05) is 11.9 Å². The maximum atomic E-state index is 11.0. The quantitative estimate of drug-likeness (QED) is 0.860. The molecule has 1 aromatic carbocycles. The molecule has 4 nitrogen and oxygen atoms in total. The summed E-state index contributed by atoms with van der Waals surface area (Å²) in [5, 5.41) is 3.27. The Morgan fingerprint density at radius 3 is 2.84 bits per heavy atom. The number of nitrogens with one attached hydrogen (secondary N) is 1. The molecule has 1 aromatic heterocycles. The van der Waals surface area contributed by atoms with Gasteiger partial charge in [-0.15, -0.1) is 0 Å². The summed E-state index contributed by atoms with van der Waals surface area (Å²) in [4.78, 5) is 14.9. The molecule has 0 fully saturated rings. The summed E-state index contributed by atoms with van der Waals surface area (Å²) in [6.45, 7) is 2.90. The minimum absolute atomic E-state index is 0.279. The zero-order valence-electron chi connectivity index (χ0n) is 10.9. The minimum atomic E-state index is -0.512. The van der Waals surface area contributed by atoms with Crippen molar-refractivity contribution >= 4 is 11.6 Å². The number of nitrogens with two attached hydrogens (primary N) is 1. The normalized spacial score (nSPS) is 10.2. The van der Waals surface area contributed by atoms with Crippen LogP contribution < -0.4 is 11.1 Å². The van der Waals surface area contributed by atoms with Crippen LogP contribution in [0.15, 0.2) is 42.6 Å². The van der Waals surface area contributed by atoms with Gasteiger partial charge in [-0.25, -0.2) is 0 Å². The molecule has 0 aliphatic rings. The largest absolute Gasteiger partial charge is 0.385 e. The van der Waals surface area contributed by atoms with Crippen molar-refractivity contribution in [1.29, 1.82) is 0 Å². The number of primary amides is 1. The van der Waals surface area contributed by atoms with E-state index in [0.29, 0.717) is 0 Å². The average molecular weight is 255 g/mol. The van der Waals surface area contributed by atoms with Crippen molar-refractivity contribution in [2.45, 2.75) is 13.3 Å². The van der Waals surface area contributed by atoms with E-state index in [1.807, 2.05) is 18.2 Å². The molecule has 0 saturated carbocycles. The monoisotopic (exact) mass is 255 g/mol. The first-order valence-corrected chi connectivity index (χ1v) is 6.21. The number of pyridine rings is 1. The molecule has 0 aliphatic carbocycles. The zero-order valence-corrected chi connectivity index (χ0v) is 10.9. The van der Waals surface area contributed by atoms with Gasteiger partial charge in [0.15, 0.2) is 0 Å². The molecular formula is C15H17N3O. The number of hydrogen-bond donors (Lipinski definition) is 2. The molecule has 0 radical (unpaired) electrons. The number of nitrogens with zero attached hydrogens (tertiary/aromatic N) is 1. The van der Waals surface area contributed by atoms with Gasteiger partial charge < -0.3 is 11.1 Å². The van der Waals surface area contributed by atoms with Gasteiger partial charge in [-0.2, -0.15) is 0 Å². The average Bonchev–Trinajstić information content (AvgIpc) is 2.41. The van der Waals surface area contributed by atoms with E-state index in [1.165, 1.54) is 11.1 Å². The zero-order chi connectivity index (χ0) is 13.7. The maximum Gasteiger partial charge on any atom is 0.267 e. The van der Waals surface area contributed by atoms with Gasteiger partial charge >= 0.3 is 0 Å². The van der Waals surface area contributed by atoms with Crippen LogP contribution in [0.2, 0.25) is 0 Å². The predicted molar refractivity (Wildman–Crippen MR) is 76.1 cm³/mol. The Bertz CT molecular complexity index is 581. The lowest BCUT2D eigenvalue weighted by Crippen LogP contribution is -2.13. The third-order valence-electron chi connectivity index (χ3n) is 3.00. The topological polar surface area (TPSA) is 68.0 Å². The predicted octanol–water partition coefficient (Wildman–Crippen LogP) is 2.14. The second-order valence-corrected chi connectivity index (χ2v) is 4.40. The fourth-order valence-electron chi connectivity index (χ4n) is 1.91. The summed E-state index contributed by atoms with van der Waals surface area (Å²) >= 11 is 0. The Kier molecular flexibility index (Phi) is 4.13. The van der Waals surface area contributed by atoms with E-state index < -0.39 is 5.91 Å². The summed E-state index contributed by atoms with van der Waals surface area (Å²) in [6.07, 6.45) is 2.51. The molecule has 0 spiro atoms. The lowest BCUT2D eigenvalue weighted by Gasteiger charge is -2.08.